The Labute approximate surface area is 106 Å². The predicted octanol–water partition coefficient (Wildman–Crippen LogP) is 4.71. The van der Waals surface area contributed by atoms with Crippen LogP contribution < -0.4 is 5.73 Å². The van der Waals surface area contributed by atoms with Gasteiger partial charge in [-0.05, 0) is 49.8 Å². The van der Waals surface area contributed by atoms with Gasteiger partial charge in [0.1, 0.15) is 0 Å². The lowest BCUT2D eigenvalue weighted by molar-refractivity contribution is 0.345. The van der Waals surface area contributed by atoms with Crippen molar-refractivity contribution in [1.29, 1.82) is 0 Å². The molecule has 0 aliphatic carbocycles. The van der Waals surface area contributed by atoms with Gasteiger partial charge in [0, 0.05) is 15.4 Å². The van der Waals surface area contributed by atoms with Crippen LogP contribution in [0.4, 0.5) is 0 Å². The molecule has 0 aliphatic heterocycles. The average molecular weight is 341 g/mol. The molecule has 0 saturated carbocycles. The molecule has 1 heterocycles. The molecule has 1 aromatic heterocycles. The molecule has 1 atom stereocenters. The summed E-state index contributed by atoms with van der Waals surface area (Å²) in [6.07, 6.45) is 1.01. The van der Waals surface area contributed by atoms with Crippen LogP contribution in [0.5, 0.6) is 0 Å². The highest BCUT2D eigenvalue weighted by Gasteiger charge is 2.19. The van der Waals surface area contributed by atoms with Gasteiger partial charge in [-0.2, -0.15) is 0 Å². The lowest BCUT2D eigenvalue weighted by Crippen LogP contribution is -2.17. The first-order chi connectivity index (χ1) is 6.29. The summed E-state index contributed by atoms with van der Waals surface area (Å²) in [5.74, 6) is 0. The molecule has 0 aliphatic rings. The highest BCUT2D eigenvalue weighted by atomic mass is 79.9. The van der Waals surface area contributed by atoms with Crippen molar-refractivity contribution >= 4 is 43.2 Å². The Morgan fingerprint density at radius 2 is 2.00 bits per heavy atom. The van der Waals surface area contributed by atoms with Crippen molar-refractivity contribution in [2.24, 2.45) is 11.1 Å². The summed E-state index contributed by atoms with van der Waals surface area (Å²) in [7, 11) is 0. The van der Waals surface area contributed by atoms with Gasteiger partial charge in [-0.25, -0.2) is 0 Å². The van der Waals surface area contributed by atoms with Gasteiger partial charge in [0.15, 0.2) is 0 Å². The Balaban J connectivity index is 2.75. The number of rotatable bonds is 2. The van der Waals surface area contributed by atoms with Crippen LogP contribution in [0.25, 0.3) is 0 Å². The zero-order chi connectivity index (χ0) is 10.9. The largest absolute Gasteiger partial charge is 0.323 e. The maximum Gasteiger partial charge on any atom is 0.0843 e. The first kappa shape index (κ1) is 12.7. The number of halogens is 2. The maximum atomic E-state index is 6.13. The number of hydrogen-bond donors (Lipinski definition) is 1. The maximum absolute atomic E-state index is 6.13. The van der Waals surface area contributed by atoms with Gasteiger partial charge in [-0.1, -0.05) is 20.8 Å². The zero-order valence-corrected chi connectivity index (χ0v) is 12.6. The van der Waals surface area contributed by atoms with Crippen molar-refractivity contribution in [2.75, 3.05) is 0 Å². The Bertz CT molecular complexity index is 295. The first-order valence-corrected chi connectivity index (χ1v) is 6.90. The minimum atomic E-state index is 0.141. The summed E-state index contributed by atoms with van der Waals surface area (Å²) >= 11 is 8.66. The molecule has 1 aromatic rings. The monoisotopic (exact) mass is 339 g/mol. The standard InChI is InChI=1S/C10H15Br2NS/c1-10(2,3)5-7(13)8-4-6(11)9(12)14-8/h4,7H,5,13H2,1-3H3. The van der Waals surface area contributed by atoms with E-state index in [4.69, 9.17) is 5.73 Å². The van der Waals surface area contributed by atoms with Crippen molar-refractivity contribution in [3.05, 3.63) is 19.2 Å². The van der Waals surface area contributed by atoms with Gasteiger partial charge in [0.05, 0.1) is 3.79 Å². The van der Waals surface area contributed by atoms with E-state index in [2.05, 4.69) is 58.7 Å². The topological polar surface area (TPSA) is 26.0 Å². The van der Waals surface area contributed by atoms with Gasteiger partial charge in [0.25, 0.3) is 0 Å². The van der Waals surface area contributed by atoms with Crippen LogP contribution in [0.2, 0.25) is 0 Å². The van der Waals surface area contributed by atoms with Crippen LogP contribution in [0.1, 0.15) is 38.1 Å². The number of nitrogens with two attached hydrogens (primary N) is 1. The Morgan fingerprint density at radius 1 is 1.43 bits per heavy atom. The molecule has 0 bridgehead atoms. The molecule has 0 saturated heterocycles. The van der Waals surface area contributed by atoms with Crippen molar-refractivity contribution in [3.8, 4) is 0 Å². The van der Waals surface area contributed by atoms with Crippen molar-refractivity contribution in [2.45, 2.75) is 33.2 Å². The molecule has 1 unspecified atom stereocenters. The second-order valence-electron chi connectivity index (χ2n) is 4.64. The SMILES string of the molecule is CC(C)(C)CC(N)c1cc(Br)c(Br)s1. The van der Waals surface area contributed by atoms with E-state index in [-0.39, 0.29) is 11.5 Å². The van der Waals surface area contributed by atoms with E-state index in [1.165, 1.54) is 4.88 Å². The van der Waals surface area contributed by atoms with Crippen molar-refractivity contribution < 1.29 is 0 Å². The minimum absolute atomic E-state index is 0.141. The zero-order valence-electron chi connectivity index (χ0n) is 8.60. The summed E-state index contributed by atoms with van der Waals surface area (Å²) in [6, 6.07) is 2.24. The van der Waals surface area contributed by atoms with Crippen molar-refractivity contribution in [3.63, 3.8) is 0 Å². The summed E-state index contributed by atoms with van der Waals surface area (Å²) in [4.78, 5) is 1.23. The van der Waals surface area contributed by atoms with E-state index in [0.29, 0.717) is 0 Å². The third-order valence-electron chi connectivity index (χ3n) is 1.86. The molecular weight excluding hydrogens is 326 g/mol. The Morgan fingerprint density at radius 3 is 2.36 bits per heavy atom. The fourth-order valence-corrected chi connectivity index (χ4v) is 3.40. The minimum Gasteiger partial charge on any atom is -0.323 e. The average Bonchev–Trinajstić information content (AvgIpc) is 2.28. The molecule has 2 N–H and O–H groups in total. The second kappa shape index (κ2) is 4.64. The van der Waals surface area contributed by atoms with Gasteiger partial charge in [-0.15, -0.1) is 11.3 Å². The molecule has 80 valence electrons. The number of hydrogen-bond acceptors (Lipinski definition) is 2. The summed E-state index contributed by atoms with van der Waals surface area (Å²) in [5, 5.41) is 0. The Hall–Kier alpha value is 0.620. The lowest BCUT2D eigenvalue weighted by atomic mass is 9.88. The van der Waals surface area contributed by atoms with Crippen LogP contribution in [-0.4, -0.2) is 0 Å². The summed E-state index contributed by atoms with van der Waals surface area (Å²) < 4.78 is 2.22. The van der Waals surface area contributed by atoms with Crippen LogP contribution in [0, 0.1) is 5.41 Å². The molecule has 0 spiro atoms. The Kier molecular flexibility index (Phi) is 4.21. The summed E-state index contributed by atoms with van der Waals surface area (Å²) in [6.45, 7) is 6.64. The summed E-state index contributed by atoms with van der Waals surface area (Å²) in [5.41, 5.74) is 6.41. The van der Waals surface area contributed by atoms with Gasteiger partial charge < -0.3 is 5.73 Å². The van der Waals surface area contributed by atoms with E-state index in [1.807, 2.05) is 0 Å². The second-order valence-corrected chi connectivity index (χ2v) is 7.90. The molecule has 1 rings (SSSR count). The smallest absolute Gasteiger partial charge is 0.0843 e. The van der Waals surface area contributed by atoms with E-state index in [0.717, 1.165) is 14.7 Å². The van der Waals surface area contributed by atoms with Gasteiger partial charge in [0.2, 0.25) is 0 Å². The first-order valence-electron chi connectivity index (χ1n) is 4.50. The van der Waals surface area contributed by atoms with Gasteiger partial charge in [-0.3, -0.25) is 0 Å². The molecule has 0 fully saturated rings. The van der Waals surface area contributed by atoms with Crippen LogP contribution in [0.15, 0.2) is 14.3 Å². The molecule has 0 amide bonds. The van der Waals surface area contributed by atoms with E-state index in [1.54, 1.807) is 11.3 Å². The lowest BCUT2D eigenvalue weighted by Gasteiger charge is -2.22. The van der Waals surface area contributed by atoms with E-state index < -0.39 is 0 Å². The number of thiophene rings is 1. The fraction of sp³-hybridized carbons (Fsp3) is 0.600. The quantitative estimate of drug-likeness (QED) is 0.828. The molecule has 4 heteroatoms. The van der Waals surface area contributed by atoms with Crippen LogP contribution in [0.3, 0.4) is 0 Å². The molecule has 14 heavy (non-hydrogen) atoms. The van der Waals surface area contributed by atoms with Crippen LogP contribution in [-0.2, 0) is 0 Å². The molecule has 1 nitrogen and oxygen atoms in total. The third kappa shape index (κ3) is 3.65. The molecule has 0 radical (unpaired) electrons. The highest BCUT2D eigenvalue weighted by Crippen LogP contribution is 2.38. The van der Waals surface area contributed by atoms with Gasteiger partial charge >= 0.3 is 0 Å². The van der Waals surface area contributed by atoms with Crippen LogP contribution >= 0.6 is 43.2 Å². The van der Waals surface area contributed by atoms with E-state index in [9.17, 15) is 0 Å². The fourth-order valence-electron chi connectivity index (χ4n) is 1.31. The highest BCUT2D eigenvalue weighted by molar-refractivity contribution is 9.13. The molecule has 0 aromatic carbocycles. The normalized spacial score (nSPS) is 14.4. The van der Waals surface area contributed by atoms with Crippen molar-refractivity contribution in [1.82, 2.24) is 0 Å². The predicted molar refractivity (Wildman–Crippen MR) is 70.7 cm³/mol. The third-order valence-corrected chi connectivity index (χ3v) is 5.25. The van der Waals surface area contributed by atoms with E-state index >= 15 is 0 Å². The molecular formula is C10H15Br2NS.